The number of benzene rings is 3. The fourth-order valence-corrected chi connectivity index (χ4v) is 4.79. The van der Waals surface area contributed by atoms with Gasteiger partial charge in [-0.2, -0.15) is 0 Å². The molecule has 1 aliphatic heterocycles. The molecule has 0 aliphatic carbocycles. The predicted octanol–water partition coefficient (Wildman–Crippen LogP) is 5.71. The Kier molecular flexibility index (Phi) is 6.47. The van der Waals surface area contributed by atoms with E-state index >= 15 is 0 Å². The molecule has 3 aromatic carbocycles. The van der Waals surface area contributed by atoms with E-state index in [-0.39, 0.29) is 0 Å². The van der Waals surface area contributed by atoms with Gasteiger partial charge < -0.3 is 4.57 Å². The number of aromatic nitrogens is 2. The van der Waals surface area contributed by atoms with E-state index in [4.69, 9.17) is 28.2 Å². The molecule has 164 valence electrons. The third-order valence-corrected chi connectivity index (χ3v) is 6.57. The summed E-state index contributed by atoms with van der Waals surface area (Å²) in [6, 6.07) is 24.7. The van der Waals surface area contributed by atoms with Crippen LogP contribution < -0.4 is 0 Å². The van der Waals surface area contributed by atoms with Gasteiger partial charge in [-0.05, 0) is 41.5 Å². The first kappa shape index (κ1) is 21.5. The Bertz CT molecular complexity index is 1200. The van der Waals surface area contributed by atoms with Gasteiger partial charge in [0.1, 0.15) is 5.82 Å². The van der Waals surface area contributed by atoms with Crippen LogP contribution >= 0.6 is 23.2 Å². The van der Waals surface area contributed by atoms with Gasteiger partial charge in [-0.15, -0.1) is 0 Å². The van der Waals surface area contributed by atoms with Gasteiger partial charge in [0, 0.05) is 49.3 Å². The van der Waals surface area contributed by atoms with E-state index in [1.54, 1.807) is 0 Å². The summed E-state index contributed by atoms with van der Waals surface area (Å²) in [6.45, 7) is 6.76. The summed E-state index contributed by atoms with van der Waals surface area (Å²) < 4.78 is 2.28. The van der Waals surface area contributed by atoms with E-state index in [1.807, 2.05) is 36.4 Å². The Morgan fingerprint density at radius 2 is 1.34 bits per heavy atom. The van der Waals surface area contributed by atoms with Gasteiger partial charge in [-0.3, -0.25) is 9.80 Å². The van der Waals surface area contributed by atoms with Crippen molar-refractivity contribution in [2.24, 2.45) is 0 Å². The Hall–Kier alpha value is -2.37. The highest BCUT2D eigenvalue weighted by atomic mass is 35.5. The molecule has 32 heavy (non-hydrogen) atoms. The highest BCUT2D eigenvalue weighted by Gasteiger charge is 2.20. The fourth-order valence-electron chi connectivity index (χ4n) is 4.41. The molecule has 0 radical (unpaired) electrons. The van der Waals surface area contributed by atoms with Crippen molar-refractivity contribution in [2.75, 3.05) is 26.2 Å². The molecule has 0 N–H and O–H groups in total. The third kappa shape index (κ3) is 5.00. The minimum absolute atomic E-state index is 0.723. The second-order valence-corrected chi connectivity index (χ2v) is 9.29. The van der Waals surface area contributed by atoms with Crippen molar-refractivity contribution in [1.29, 1.82) is 0 Å². The lowest BCUT2D eigenvalue weighted by Crippen LogP contribution is -2.45. The maximum absolute atomic E-state index is 6.32. The molecule has 0 bridgehead atoms. The summed E-state index contributed by atoms with van der Waals surface area (Å²) in [7, 11) is 0. The number of hydrogen-bond acceptors (Lipinski definition) is 3. The molecular weight excluding hydrogens is 439 g/mol. The Labute approximate surface area is 199 Å². The van der Waals surface area contributed by atoms with Crippen molar-refractivity contribution in [3.05, 3.63) is 99.8 Å². The number of halogens is 2. The van der Waals surface area contributed by atoms with Crippen LogP contribution in [0, 0.1) is 0 Å². The zero-order chi connectivity index (χ0) is 21.9. The van der Waals surface area contributed by atoms with Gasteiger partial charge in [-0.25, -0.2) is 4.98 Å². The number of hydrogen-bond donors (Lipinski definition) is 0. The van der Waals surface area contributed by atoms with Crippen LogP contribution in [0.1, 0.15) is 17.0 Å². The molecule has 0 unspecified atom stereocenters. The first-order chi connectivity index (χ1) is 15.6. The van der Waals surface area contributed by atoms with E-state index in [1.165, 1.54) is 5.56 Å². The van der Waals surface area contributed by atoms with Crippen molar-refractivity contribution >= 4 is 34.2 Å². The first-order valence-electron chi connectivity index (χ1n) is 11.0. The van der Waals surface area contributed by atoms with E-state index in [9.17, 15) is 0 Å². The lowest BCUT2D eigenvalue weighted by Gasteiger charge is -2.34. The molecule has 6 heteroatoms. The predicted molar refractivity (Wildman–Crippen MR) is 132 cm³/mol. The van der Waals surface area contributed by atoms with Crippen molar-refractivity contribution in [2.45, 2.75) is 19.6 Å². The number of rotatable bonds is 6. The monoisotopic (exact) mass is 464 g/mol. The van der Waals surface area contributed by atoms with Gasteiger partial charge >= 0.3 is 0 Å². The van der Waals surface area contributed by atoms with Crippen molar-refractivity contribution in [3.63, 3.8) is 0 Å². The van der Waals surface area contributed by atoms with Gasteiger partial charge in [0.15, 0.2) is 0 Å². The molecule has 5 rings (SSSR count). The maximum atomic E-state index is 6.32. The van der Waals surface area contributed by atoms with Crippen molar-refractivity contribution in [3.8, 4) is 0 Å². The smallest absolute Gasteiger partial charge is 0.124 e. The quantitative estimate of drug-likeness (QED) is 0.365. The highest BCUT2D eigenvalue weighted by Crippen LogP contribution is 2.24. The number of piperazine rings is 1. The number of nitrogens with zero attached hydrogens (tertiary/aromatic N) is 4. The lowest BCUT2D eigenvalue weighted by molar-refractivity contribution is 0.119. The summed E-state index contributed by atoms with van der Waals surface area (Å²) in [5.74, 6) is 1.07. The largest absolute Gasteiger partial charge is 0.322 e. The maximum Gasteiger partial charge on any atom is 0.124 e. The number of fused-ring (bicyclic) bond motifs is 1. The fraction of sp³-hybridized carbons (Fsp3) is 0.269. The molecule has 1 aromatic heterocycles. The molecule has 0 atom stereocenters. The van der Waals surface area contributed by atoms with E-state index in [0.717, 1.165) is 78.3 Å². The van der Waals surface area contributed by atoms with Gasteiger partial charge in [0.25, 0.3) is 0 Å². The molecule has 1 saturated heterocycles. The van der Waals surface area contributed by atoms with Crippen molar-refractivity contribution in [1.82, 2.24) is 19.4 Å². The normalized spacial score (nSPS) is 15.4. The minimum atomic E-state index is 0.723. The summed E-state index contributed by atoms with van der Waals surface area (Å²) >= 11 is 12.6. The molecular formula is C26H26Cl2N4. The van der Waals surface area contributed by atoms with Gasteiger partial charge in [-0.1, -0.05) is 65.7 Å². The van der Waals surface area contributed by atoms with E-state index in [0.29, 0.717) is 0 Å². The minimum Gasteiger partial charge on any atom is -0.322 e. The second-order valence-electron chi connectivity index (χ2n) is 8.42. The first-order valence-corrected chi connectivity index (χ1v) is 11.8. The average Bonchev–Trinajstić information content (AvgIpc) is 3.12. The van der Waals surface area contributed by atoms with E-state index < -0.39 is 0 Å². The van der Waals surface area contributed by atoms with Crippen LogP contribution in [0.4, 0.5) is 0 Å². The summed E-state index contributed by atoms with van der Waals surface area (Å²) in [5.41, 5.74) is 4.58. The molecule has 0 saturated carbocycles. The van der Waals surface area contributed by atoms with Crippen LogP contribution in [-0.2, 0) is 19.6 Å². The van der Waals surface area contributed by atoms with Crippen LogP contribution in [0.25, 0.3) is 11.0 Å². The summed E-state index contributed by atoms with van der Waals surface area (Å²) in [6.07, 6.45) is 0. The van der Waals surface area contributed by atoms with Crippen molar-refractivity contribution < 1.29 is 0 Å². The van der Waals surface area contributed by atoms with Crippen LogP contribution in [0.5, 0.6) is 0 Å². The van der Waals surface area contributed by atoms with Crippen LogP contribution in [0.2, 0.25) is 10.0 Å². The lowest BCUT2D eigenvalue weighted by atomic mass is 10.2. The number of imidazole rings is 1. The SMILES string of the molecule is Clc1cccc(Cn2c(CN3CCN(Cc4ccccc4)CC3)nc3ccc(Cl)cc32)c1. The van der Waals surface area contributed by atoms with E-state index in [2.05, 4.69) is 50.8 Å². The van der Waals surface area contributed by atoms with Crippen LogP contribution in [0.3, 0.4) is 0 Å². The molecule has 1 aliphatic rings. The van der Waals surface area contributed by atoms with Crippen LogP contribution in [0.15, 0.2) is 72.8 Å². The van der Waals surface area contributed by atoms with Gasteiger partial charge in [0.05, 0.1) is 17.6 Å². The van der Waals surface area contributed by atoms with Crippen LogP contribution in [-0.4, -0.2) is 45.5 Å². The molecule has 2 heterocycles. The average molecular weight is 465 g/mol. The van der Waals surface area contributed by atoms with Gasteiger partial charge in [0.2, 0.25) is 0 Å². The molecule has 1 fully saturated rings. The Morgan fingerprint density at radius 1 is 0.656 bits per heavy atom. The molecule has 0 spiro atoms. The zero-order valence-corrected chi connectivity index (χ0v) is 19.4. The Morgan fingerprint density at radius 3 is 2.09 bits per heavy atom. The molecule has 4 aromatic rings. The molecule has 0 amide bonds. The topological polar surface area (TPSA) is 24.3 Å². The summed E-state index contributed by atoms with van der Waals surface area (Å²) in [5, 5.41) is 1.48. The summed E-state index contributed by atoms with van der Waals surface area (Å²) in [4.78, 5) is 10.00. The molecule has 4 nitrogen and oxygen atoms in total. The standard InChI is InChI=1S/C26H26Cl2N4/c27-22-8-4-7-21(15-22)18-32-25-16-23(28)9-10-24(25)29-26(32)19-31-13-11-30(12-14-31)17-20-5-2-1-3-6-20/h1-10,15-16H,11-14,17-19H2. The zero-order valence-electron chi connectivity index (χ0n) is 17.9. The third-order valence-electron chi connectivity index (χ3n) is 6.10. The second kappa shape index (κ2) is 9.63. The Balaban J connectivity index is 1.33. The highest BCUT2D eigenvalue weighted by molar-refractivity contribution is 6.31.